The number of anilines is 1. The Balaban J connectivity index is 1.37. The molecule has 0 aromatic heterocycles. The van der Waals surface area contributed by atoms with Crippen molar-refractivity contribution in [2.45, 2.75) is 50.6 Å². The molecule has 1 saturated carbocycles. The molecule has 30 heavy (non-hydrogen) atoms. The highest BCUT2D eigenvalue weighted by atomic mass is 16.2. The zero-order chi connectivity index (χ0) is 20.9. The zero-order valence-electron chi connectivity index (χ0n) is 17.0. The third kappa shape index (κ3) is 4.53. The van der Waals surface area contributed by atoms with E-state index in [1.54, 1.807) is 41.3 Å². The number of hydrogen-bond acceptors (Lipinski definition) is 3. The van der Waals surface area contributed by atoms with Crippen LogP contribution in [0.5, 0.6) is 0 Å². The molecule has 1 aliphatic heterocycles. The highest BCUT2D eigenvalue weighted by Crippen LogP contribution is 2.22. The fourth-order valence-corrected chi connectivity index (χ4v) is 4.30. The number of nitrogens with one attached hydrogen (secondary N) is 2. The number of amides is 3. The summed E-state index contributed by atoms with van der Waals surface area (Å²) in [6, 6.07) is 15.8. The lowest BCUT2D eigenvalue weighted by Crippen LogP contribution is -2.43. The van der Waals surface area contributed by atoms with E-state index >= 15 is 0 Å². The average molecular weight is 405 g/mol. The summed E-state index contributed by atoms with van der Waals surface area (Å²) in [5.74, 6) is -0.387. The lowest BCUT2D eigenvalue weighted by molar-refractivity contribution is -0.119. The fourth-order valence-electron chi connectivity index (χ4n) is 4.30. The maximum atomic E-state index is 12.8. The zero-order valence-corrected chi connectivity index (χ0v) is 17.0. The van der Waals surface area contributed by atoms with Gasteiger partial charge in [0, 0.05) is 29.4 Å². The Morgan fingerprint density at radius 3 is 2.20 bits per heavy atom. The van der Waals surface area contributed by atoms with Crippen LogP contribution in [-0.4, -0.2) is 41.2 Å². The molecule has 6 heteroatoms. The summed E-state index contributed by atoms with van der Waals surface area (Å²) in [7, 11) is 0. The maximum absolute atomic E-state index is 12.8. The van der Waals surface area contributed by atoms with E-state index < -0.39 is 6.04 Å². The van der Waals surface area contributed by atoms with Gasteiger partial charge in [-0.3, -0.25) is 14.4 Å². The number of nitrogens with zero attached hydrogens (tertiary/aromatic N) is 1. The van der Waals surface area contributed by atoms with E-state index in [-0.39, 0.29) is 23.8 Å². The van der Waals surface area contributed by atoms with Gasteiger partial charge in [0.1, 0.15) is 6.04 Å². The van der Waals surface area contributed by atoms with Crippen LogP contribution in [0, 0.1) is 0 Å². The predicted octanol–water partition coefficient (Wildman–Crippen LogP) is 3.60. The number of hydrogen-bond donors (Lipinski definition) is 2. The largest absolute Gasteiger partial charge is 0.349 e. The van der Waals surface area contributed by atoms with Gasteiger partial charge >= 0.3 is 0 Å². The van der Waals surface area contributed by atoms with Gasteiger partial charge < -0.3 is 15.5 Å². The molecule has 2 fully saturated rings. The van der Waals surface area contributed by atoms with Gasteiger partial charge in [-0.25, -0.2) is 0 Å². The first-order valence-corrected chi connectivity index (χ1v) is 10.7. The van der Waals surface area contributed by atoms with Crippen LogP contribution < -0.4 is 10.6 Å². The molecule has 1 saturated heterocycles. The van der Waals surface area contributed by atoms with Crippen LogP contribution in [0.25, 0.3) is 0 Å². The Kier molecular flexibility index (Phi) is 6.12. The van der Waals surface area contributed by atoms with E-state index in [0.717, 1.165) is 19.3 Å². The lowest BCUT2D eigenvalue weighted by atomic mass is 10.1. The summed E-state index contributed by atoms with van der Waals surface area (Å²) >= 11 is 0. The highest BCUT2D eigenvalue weighted by molar-refractivity contribution is 6.02. The molecule has 2 N–H and O–H groups in total. The maximum Gasteiger partial charge on any atom is 0.254 e. The van der Waals surface area contributed by atoms with E-state index in [2.05, 4.69) is 10.6 Å². The topological polar surface area (TPSA) is 78.5 Å². The fraction of sp³-hybridized carbons (Fsp3) is 0.375. The Bertz CT molecular complexity index is 905. The van der Waals surface area contributed by atoms with Crippen molar-refractivity contribution in [1.82, 2.24) is 10.2 Å². The van der Waals surface area contributed by atoms with E-state index in [0.29, 0.717) is 29.8 Å². The number of carbonyl (C=O) groups excluding carboxylic acids is 3. The van der Waals surface area contributed by atoms with E-state index in [4.69, 9.17) is 0 Å². The third-order valence-electron chi connectivity index (χ3n) is 5.94. The van der Waals surface area contributed by atoms with Crippen LogP contribution in [0.15, 0.2) is 54.6 Å². The smallest absolute Gasteiger partial charge is 0.254 e. The molecule has 2 aromatic rings. The molecule has 2 aromatic carbocycles. The van der Waals surface area contributed by atoms with Crippen molar-refractivity contribution in [2.24, 2.45) is 0 Å². The van der Waals surface area contributed by atoms with Crippen molar-refractivity contribution < 1.29 is 14.4 Å². The minimum Gasteiger partial charge on any atom is -0.349 e. The van der Waals surface area contributed by atoms with E-state index in [1.165, 1.54) is 12.8 Å². The minimum absolute atomic E-state index is 0.0739. The molecule has 1 unspecified atom stereocenters. The SMILES string of the molecule is O=C(NC1CCCC1)c1ccc(NC(=O)C2CCCN2C(=O)c2ccccc2)cc1. The Morgan fingerprint density at radius 2 is 1.50 bits per heavy atom. The predicted molar refractivity (Wildman–Crippen MR) is 115 cm³/mol. The average Bonchev–Trinajstić information content (AvgIpc) is 3.46. The van der Waals surface area contributed by atoms with Gasteiger partial charge in [-0.05, 0) is 62.1 Å². The summed E-state index contributed by atoms with van der Waals surface area (Å²) in [4.78, 5) is 39.6. The van der Waals surface area contributed by atoms with Crippen molar-refractivity contribution in [3.8, 4) is 0 Å². The quantitative estimate of drug-likeness (QED) is 0.798. The summed E-state index contributed by atoms with van der Waals surface area (Å²) in [5, 5.41) is 5.96. The standard InChI is InChI=1S/C24H27N3O3/c28-22(25-19-9-4-5-10-19)17-12-14-20(15-13-17)26-23(29)21-11-6-16-27(21)24(30)18-7-2-1-3-8-18/h1-3,7-8,12-15,19,21H,4-6,9-11,16H2,(H,25,28)(H,26,29). The lowest BCUT2D eigenvalue weighted by Gasteiger charge is -2.24. The molecule has 156 valence electrons. The second-order valence-corrected chi connectivity index (χ2v) is 8.04. The van der Waals surface area contributed by atoms with Gasteiger partial charge in [0.15, 0.2) is 0 Å². The van der Waals surface area contributed by atoms with Crippen LogP contribution >= 0.6 is 0 Å². The summed E-state index contributed by atoms with van der Waals surface area (Å²) < 4.78 is 0. The Hall–Kier alpha value is -3.15. The van der Waals surface area contributed by atoms with Crippen LogP contribution in [-0.2, 0) is 4.79 Å². The molecule has 0 radical (unpaired) electrons. The normalized spacial score (nSPS) is 18.9. The van der Waals surface area contributed by atoms with E-state index in [9.17, 15) is 14.4 Å². The van der Waals surface area contributed by atoms with Gasteiger partial charge in [0.2, 0.25) is 5.91 Å². The van der Waals surface area contributed by atoms with Gasteiger partial charge in [0.25, 0.3) is 11.8 Å². The molecule has 0 bridgehead atoms. The van der Waals surface area contributed by atoms with Gasteiger partial charge in [-0.1, -0.05) is 31.0 Å². The molecule has 4 rings (SSSR count). The second kappa shape index (κ2) is 9.11. The van der Waals surface area contributed by atoms with Gasteiger partial charge in [-0.2, -0.15) is 0 Å². The first-order chi connectivity index (χ1) is 14.6. The number of likely N-dealkylation sites (tertiary alicyclic amines) is 1. The Morgan fingerprint density at radius 1 is 0.800 bits per heavy atom. The van der Waals surface area contributed by atoms with Crippen LogP contribution in [0.4, 0.5) is 5.69 Å². The number of rotatable bonds is 5. The summed E-state index contributed by atoms with van der Waals surface area (Å²) in [5.41, 5.74) is 1.80. The number of benzene rings is 2. The molecule has 1 heterocycles. The first-order valence-electron chi connectivity index (χ1n) is 10.7. The molecule has 1 atom stereocenters. The molecule has 6 nitrogen and oxygen atoms in total. The first kappa shape index (κ1) is 20.1. The number of carbonyl (C=O) groups is 3. The van der Waals surface area contributed by atoms with Gasteiger partial charge in [-0.15, -0.1) is 0 Å². The monoisotopic (exact) mass is 405 g/mol. The second-order valence-electron chi connectivity index (χ2n) is 8.04. The molecule has 0 spiro atoms. The molecule has 3 amide bonds. The summed E-state index contributed by atoms with van der Waals surface area (Å²) in [6.07, 6.45) is 5.86. The van der Waals surface area contributed by atoms with Crippen LogP contribution in [0.2, 0.25) is 0 Å². The van der Waals surface area contributed by atoms with E-state index in [1.807, 2.05) is 18.2 Å². The Labute approximate surface area is 176 Å². The van der Waals surface area contributed by atoms with Crippen molar-refractivity contribution in [2.75, 3.05) is 11.9 Å². The minimum atomic E-state index is -0.483. The third-order valence-corrected chi connectivity index (χ3v) is 5.94. The molecular weight excluding hydrogens is 378 g/mol. The van der Waals surface area contributed by atoms with Crippen molar-refractivity contribution in [1.29, 1.82) is 0 Å². The van der Waals surface area contributed by atoms with Crippen molar-refractivity contribution in [3.05, 3.63) is 65.7 Å². The van der Waals surface area contributed by atoms with Gasteiger partial charge in [0.05, 0.1) is 0 Å². The van der Waals surface area contributed by atoms with Crippen LogP contribution in [0.1, 0.15) is 59.2 Å². The van der Waals surface area contributed by atoms with Crippen molar-refractivity contribution >= 4 is 23.4 Å². The highest BCUT2D eigenvalue weighted by Gasteiger charge is 2.34. The van der Waals surface area contributed by atoms with Crippen LogP contribution in [0.3, 0.4) is 0 Å². The summed E-state index contributed by atoms with van der Waals surface area (Å²) in [6.45, 7) is 0.575. The molecule has 1 aliphatic carbocycles. The van der Waals surface area contributed by atoms with Crippen molar-refractivity contribution in [3.63, 3.8) is 0 Å². The molecule has 2 aliphatic rings. The molecular formula is C24H27N3O3.